The highest BCUT2D eigenvalue weighted by atomic mass is 32.2. The van der Waals surface area contributed by atoms with Crippen molar-refractivity contribution in [3.05, 3.63) is 57.8 Å². The van der Waals surface area contributed by atoms with E-state index >= 15 is 0 Å². The van der Waals surface area contributed by atoms with Crippen LogP contribution in [0.3, 0.4) is 0 Å². The molecule has 2 aromatic rings. The van der Waals surface area contributed by atoms with Crippen LogP contribution < -0.4 is 5.73 Å². The molecule has 2 aliphatic rings. The van der Waals surface area contributed by atoms with E-state index in [-0.39, 0.29) is 32.6 Å². The number of hydrogen-bond donors (Lipinski definition) is 1. The van der Waals surface area contributed by atoms with Crippen LogP contribution in [0.2, 0.25) is 0 Å². The Hall–Kier alpha value is -2.77. The average Bonchev–Trinajstić information content (AvgIpc) is 3.27. The molecule has 0 unspecified atom stereocenters. The molecule has 0 saturated heterocycles. The first kappa shape index (κ1) is 21.5. The third-order valence-corrected chi connectivity index (χ3v) is 7.81. The second-order valence-electron chi connectivity index (χ2n) is 7.89. The summed E-state index contributed by atoms with van der Waals surface area (Å²) in [6.07, 6.45) is 3.08. The quantitative estimate of drug-likeness (QED) is 0.687. The summed E-state index contributed by atoms with van der Waals surface area (Å²) >= 11 is 2.17. The van der Waals surface area contributed by atoms with Gasteiger partial charge in [-0.2, -0.15) is 0 Å². The van der Waals surface area contributed by atoms with Crippen LogP contribution in [0.4, 0.5) is 13.8 Å². The minimum Gasteiger partial charge on any atom is -0.378 e. The predicted octanol–water partition coefficient (Wildman–Crippen LogP) is 4.42. The topological polar surface area (TPSA) is 75.9 Å². The number of carbonyl (C=O) groups is 1. The summed E-state index contributed by atoms with van der Waals surface area (Å²) in [5.74, 6) is -1.42. The monoisotopic (exact) mass is 459 g/mol. The maximum atomic E-state index is 14.9. The van der Waals surface area contributed by atoms with Gasteiger partial charge < -0.3 is 10.6 Å². The van der Waals surface area contributed by atoms with Gasteiger partial charge >= 0.3 is 0 Å². The van der Waals surface area contributed by atoms with Gasteiger partial charge in [-0.05, 0) is 37.1 Å². The van der Waals surface area contributed by atoms with E-state index in [0.717, 1.165) is 11.3 Å². The Morgan fingerprint density at radius 3 is 2.84 bits per heavy atom. The highest BCUT2D eigenvalue weighted by Gasteiger charge is 2.71. The number of nitrogens with zero attached hydrogens (tertiary/aromatic N) is 4. The number of amides is 1. The number of rotatable bonds is 4. The lowest BCUT2D eigenvalue weighted by molar-refractivity contribution is -0.129. The van der Waals surface area contributed by atoms with Crippen molar-refractivity contribution in [1.29, 1.82) is 0 Å². The minimum atomic E-state index is -1.05. The van der Waals surface area contributed by atoms with E-state index in [2.05, 4.69) is 14.8 Å². The first-order valence-electron chi connectivity index (χ1n) is 9.37. The Bertz CT molecular complexity index is 1180. The van der Waals surface area contributed by atoms with Crippen molar-refractivity contribution in [3.63, 3.8) is 0 Å². The maximum absolute atomic E-state index is 14.9. The maximum Gasteiger partial charge on any atom is 0.261 e. The van der Waals surface area contributed by atoms with E-state index in [9.17, 15) is 13.6 Å². The van der Waals surface area contributed by atoms with Gasteiger partial charge in [-0.1, -0.05) is 17.8 Å². The number of nitrogens with two attached hydrogens (primary N) is 1. The number of thiazole rings is 1. The van der Waals surface area contributed by atoms with Gasteiger partial charge in [-0.3, -0.25) is 14.8 Å². The number of halogens is 2. The molecule has 1 saturated carbocycles. The zero-order chi connectivity index (χ0) is 22.6. The Morgan fingerprint density at radius 1 is 1.45 bits per heavy atom. The third kappa shape index (κ3) is 3.51. The molecule has 0 radical (unpaired) electrons. The van der Waals surface area contributed by atoms with Crippen molar-refractivity contribution < 1.29 is 13.6 Å². The first-order chi connectivity index (χ1) is 14.6. The molecule has 0 bridgehead atoms. The zero-order valence-corrected chi connectivity index (χ0v) is 18.7. The fraction of sp³-hybridized carbons (Fsp3) is 0.333. The van der Waals surface area contributed by atoms with Crippen LogP contribution in [0, 0.1) is 18.3 Å². The molecule has 10 heteroatoms. The van der Waals surface area contributed by atoms with Gasteiger partial charge in [0.2, 0.25) is 5.91 Å². The Kier molecular flexibility index (Phi) is 5.14. The molecular weight excluding hydrogens is 440 g/mol. The number of aliphatic imine (C=N–C) groups is 1. The normalized spacial score (nSPS) is 27.2. The van der Waals surface area contributed by atoms with Crippen LogP contribution in [-0.2, 0) is 10.3 Å². The molecule has 1 fully saturated rings. The summed E-state index contributed by atoms with van der Waals surface area (Å²) in [7, 11) is 3.36. The van der Waals surface area contributed by atoms with E-state index in [4.69, 9.17) is 12.3 Å². The number of amidine groups is 1. The fourth-order valence-electron chi connectivity index (χ4n) is 4.09. The van der Waals surface area contributed by atoms with Crippen molar-refractivity contribution >= 4 is 51.1 Å². The lowest BCUT2D eigenvalue weighted by atomic mass is 9.84. The van der Waals surface area contributed by atoms with Gasteiger partial charge in [0.25, 0.3) is 5.00 Å². The standard InChI is InChI=1S/C21H19F2N5OS2/c1-20(15-9-21(15,18(29)28(3)4)31-19(24)27-20)12-7-11(5-6-13(12)22)8-14(23)17-26-10-16(25-2)30-17/h5-8,10,15H,9H2,1,3-4H3,(H2,24,27)/b14-8-/t15-,20+,21-/m0/s1. The van der Waals surface area contributed by atoms with Crippen LogP contribution in [0.5, 0.6) is 0 Å². The molecule has 1 aromatic carbocycles. The smallest absolute Gasteiger partial charge is 0.261 e. The summed E-state index contributed by atoms with van der Waals surface area (Å²) in [6, 6.07) is 4.26. The summed E-state index contributed by atoms with van der Waals surface area (Å²) in [5.41, 5.74) is 5.70. The molecule has 160 valence electrons. The Morgan fingerprint density at radius 2 is 2.19 bits per heavy atom. The Balaban J connectivity index is 1.73. The number of aromatic nitrogens is 1. The number of fused-ring (bicyclic) bond motifs is 1. The van der Waals surface area contributed by atoms with Crippen molar-refractivity contribution in [3.8, 4) is 0 Å². The van der Waals surface area contributed by atoms with E-state index < -0.39 is 21.9 Å². The van der Waals surface area contributed by atoms with Gasteiger partial charge in [0.05, 0.1) is 12.1 Å². The lowest BCUT2D eigenvalue weighted by Crippen LogP contribution is -2.43. The molecule has 1 aliphatic carbocycles. The lowest BCUT2D eigenvalue weighted by Gasteiger charge is -2.34. The van der Waals surface area contributed by atoms with Crippen LogP contribution in [0.1, 0.15) is 29.5 Å². The largest absolute Gasteiger partial charge is 0.378 e. The van der Waals surface area contributed by atoms with E-state index in [1.54, 1.807) is 21.0 Å². The highest BCUT2D eigenvalue weighted by Crippen LogP contribution is 2.66. The van der Waals surface area contributed by atoms with Crippen LogP contribution in [0.15, 0.2) is 29.4 Å². The molecule has 4 rings (SSSR count). The Labute approximate surface area is 186 Å². The van der Waals surface area contributed by atoms with Crippen molar-refractivity contribution in [2.45, 2.75) is 23.6 Å². The van der Waals surface area contributed by atoms with E-state index in [0.29, 0.717) is 12.0 Å². The van der Waals surface area contributed by atoms with Crippen LogP contribution in [0.25, 0.3) is 16.7 Å². The van der Waals surface area contributed by atoms with Gasteiger partial charge in [0.1, 0.15) is 15.6 Å². The third-order valence-electron chi connectivity index (χ3n) is 5.62. The number of hydrogen-bond acceptors (Lipinski definition) is 6. The summed E-state index contributed by atoms with van der Waals surface area (Å²) in [5, 5.41) is 0.593. The molecule has 1 amide bonds. The van der Waals surface area contributed by atoms with Gasteiger partial charge in [-0.15, -0.1) is 11.3 Å². The molecule has 1 aromatic heterocycles. The average molecular weight is 460 g/mol. The second-order valence-corrected chi connectivity index (χ2v) is 10.3. The molecule has 3 atom stereocenters. The van der Waals surface area contributed by atoms with Gasteiger partial charge in [-0.25, -0.2) is 13.6 Å². The molecule has 31 heavy (non-hydrogen) atoms. The number of benzene rings is 1. The fourth-order valence-corrected chi connectivity index (χ4v) is 6.20. The molecule has 0 spiro atoms. The first-order valence-corrected chi connectivity index (χ1v) is 11.0. The van der Waals surface area contributed by atoms with Crippen molar-refractivity contribution in [1.82, 2.24) is 9.88 Å². The second kappa shape index (κ2) is 7.43. The zero-order valence-electron chi connectivity index (χ0n) is 17.0. The number of thioether (sulfide) groups is 1. The molecule has 1 aliphatic heterocycles. The SMILES string of the molecule is [C-]#[N+]c1cnc(/C(F)=C/c2ccc(F)c([C@@]3(C)N=C(N)S[C@@]4(C(=O)N(C)C)C[C@H]43)c2)s1. The predicted molar refractivity (Wildman–Crippen MR) is 120 cm³/mol. The van der Waals surface area contributed by atoms with Gasteiger partial charge in [0.15, 0.2) is 11.0 Å². The highest BCUT2D eigenvalue weighted by molar-refractivity contribution is 8.15. The summed E-state index contributed by atoms with van der Waals surface area (Å²) < 4.78 is 28.8. The van der Waals surface area contributed by atoms with Crippen molar-refractivity contribution in [2.24, 2.45) is 16.6 Å². The minimum absolute atomic E-state index is 0.0755. The van der Waals surface area contributed by atoms with E-state index in [1.807, 2.05) is 0 Å². The van der Waals surface area contributed by atoms with E-state index in [1.165, 1.54) is 47.1 Å². The van der Waals surface area contributed by atoms with Crippen LogP contribution in [-0.4, -0.2) is 39.8 Å². The van der Waals surface area contributed by atoms with Gasteiger partial charge in [0, 0.05) is 31.8 Å². The summed E-state index contributed by atoms with van der Waals surface area (Å²) in [4.78, 5) is 26.0. The number of carbonyl (C=O) groups excluding carboxylic acids is 1. The molecule has 2 heterocycles. The summed E-state index contributed by atoms with van der Waals surface area (Å²) in [6.45, 7) is 8.74. The molecule has 6 nitrogen and oxygen atoms in total. The van der Waals surface area contributed by atoms with Crippen molar-refractivity contribution in [2.75, 3.05) is 14.1 Å². The van der Waals surface area contributed by atoms with Crippen LogP contribution >= 0.6 is 23.1 Å². The molecular formula is C21H19F2N5OS2. The molecule has 2 N–H and O–H groups in total.